The van der Waals surface area contributed by atoms with Crippen LogP contribution in [0.15, 0.2) is 108 Å². The highest BCUT2D eigenvalue weighted by molar-refractivity contribution is 7.90. The van der Waals surface area contributed by atoms with Gasteiger partial charge >= 0.3 is 0 Å². The second kappa shape index (κ2) is 10.9. The number of para-hydroxylation sites is 1. The van der Waals surface area contributed by atoms with Crippen molar-refractivity contribution in [3.05, 3.63) is 125 Å². The molecule has 0 aromatic heterocycles. The maximum absolute atomic E-state index is 13.0. The number of carbonyl (C=O) groups is 2. The molecule has 0 saturated heterocycles. The molecular formula is C28H24N2O5S. The third-order valence-electron chi connectivity index (χ3n) is 5.31. The van der Waals surface area contributed by atoms with Crippen LogP contribution in [-0.2, 0) is 16.6 Å². The molecule has 0 fully saturated rings. The summed E-state index contributed by atoms with van der Waals surface area (Å²) in [7, 11) is -4.26. The van der Waals surface area contributed by atoms with Gasteiger partial charge in [0, 0.05) is 11.1 Å². The van der Waals surface area contributed by atoms with Crippen LogP contribution in [0.2, 0.25) is 0 Å². The smallest absolute Gasteiger partial charge is 0.266 e. The molecule has 0 unspecified atom stereocenters. The predicted octanol–water partition coefficient (Wildman–Crippen LogP) is 4.95. The Hall–Kier alpha value is -4.43. The molecule has 7 nitrogen and oxygen atoms in total. The Balaban J connectivity index is 1.49. The Bertz CT molecular complexity index is 1480. The summed E-state index contributed by atoms with van der Waals surface area (Å²) in [6, 6.07) is 28.6. The lowest BCUT2D eigenvalue weighted by Crippen LogP contribution is -2.31. The average molecular weight is 501 g/mol. The summed E-state index contributed by atoms with van der Waals surface area (Å²) in [6.07, 6.45) is 0. The lowest BCUT2D eigenvalue weighted by Gasteiger charge is -2.13. The van der Waals surface area contributed by atoms with Gasteiger partial charge < -0.3 is 10.1 Å². The standard InChI is InChI=1S/C28H24N2O5S/c1-20-14-16-22(17-15-20)28(32)30-36(33,34)26-13-6-5-12-25(26)29-27(31)23-10-7-11-24(18-23)35-19-21-8-3-2-4-9-21/h2-18H,19H2,1H3,(H,29,31)(H,30,32). The molecule has 0 atom stereocenters. The molecule has 0 spiro atoms. The summed E-state index contributed by atoms with van der Waals surface area (Å²) in [5.74, 6) is -0.787. The Morgan fingerprint density at radius 2 is 1.44 bits per heavy atom. The van der Waals surface area contributed by atoms with Crippen molar-refractivity contribution in [1.29, 1.82) is 0 Å². The van der Waals surface area contributed by atoms with E-state index in [1.165, 1.54) is 18.2 Å². The molecule has 0 saturated carbocycles. The molecule has 36 heavy (non-hydrogen) atoms. The second-order valence-electron chi connectivity index (χ2n) is 8.05. The van der Waals surface area contributed by atoms with Gasteiger partial charge in [0.05, 0.1) is 5.69 Å². The Labute approximate surface area is 209 Å². The van der Waals surface area contributed by atoms with Gasteiger partial charge in [-0.3, -0.25) is 9.59 Å². The zero-order valence-corrected chi connectivity index (χ0v) is 20.3. The molecule has 0 bridgehead atoms. The maximum Gasteiger partial charge on any atom is 0.266 e. The van der Waals surface area contributed by atoms with Crippen molar-refractivity contribution in [2.24, 2.45) is 0 Å². The molecule has 8 heteroatoms. The molecule has 0 aliphatic carbocycles. The predicted molar refractivity (Wildman–Crippen MR) is 137 cm³/mol. The van der Waals surface area contributed by atoms with Crippen molar-refractivity contribution >= 4 is 27.5 Å². The van der Waals surface area contributed by atoms with Crippen molar-refractivity contribution < 1.29 is 22.7 Å². The highest BCUT2D eigenvalue weighted by Crippen LogP contribution is 2.23. The van der Waals surface area contributed by atoms with Crippen molar-refractivity contribution in [3.8, 4) is 5.75 Å². The summed E-state index contributed by atoms with van der Waals surface area (Å²) >= 11 is 0. The maximum atomic E-state index is 13.0. The van der Waals surface area contributed by atoms with Crippen LogP contribution < -0.4 is 14.8 Å². The van der Waals surface area contributed by atoms with Crippen LogP contribution in [0.1, 0.15) is 31.8 Å². The van der Waals surface area contributed by atoms with Gasteiger partial charge in [-0.1, -0.05) is 66.2 Å². The number of anilines is 1. The van der Waals surface area contributed by atoms with E-state index in [1.807, 2.05) is 37.3 Å². The summed E-state index contributed by atoms with van der Waals surface area (Å²) in [6.45, 7) is 2.20. The second-order valence-corrected chi connectivity index (χ2v) is 9.70. The summed E-state index contributed by atoms with van der Waals surface area (Å²) in [4.78, 5) is 25.2. The first-order chi connectivity index (χ1) is 17.3. The quantitative estimate of drug-likeness (QED) is 0.357. The average Bonchev–Trinajstić information content (AvgIpc) is 2.88. The molecule has 4 aromatic carbocycles. The molecule has 182 valence electrons. The molecule has 2 amide bonds. The molecule has 0 aliphatic heterocycles. The number of hydrogen-bond donors (Lipinski definition) is 2. The zero-order chi connectivity index (χ0) is 25.5. The van der Waals surface area contributed by atoms with Crippen LogP contribution in [-0.4, -0.2) is 20.2 Å². The van der Waals surface area contributed by atoms with Crippen molar-refractivity contribution in [3.63, 3.8) is 0 Å². The highest BCUT2D eigenvalue weighted by atomic mass is 32.2. The first-order valence-corrected chi connectivity index (χ1v) is 12.6. The van der Waals surface area contributed by atoms with Gasteiger partial charge in [-0.15, -0.1) is 0 Å². The van der Waals surface area contributed by atoms with Gasteiger partial charge in [0.1, 0.15) is 17.3 Å². The van der Waals surface area contributed by atoms with E-state index < -0.39 is 21.8 Å². The minimum atomic E-state index is -4.26. The van der Waals surface area contributed by atoms with E-state index in [2.05, 4.69) is 10.0 Å². The summed E-state index contributed by atoms with van der Waals surface area (Å²) in [5.41, 5.74) is 2.47. The van der Waals surface area contributed by atoms with E-state index in [9.17, 15) is 18.0 Å². The Kier molecular flexibility index (Phi) is 7.46. The van der Waals surface area contributed by atoms with Crippen molar-refractivity contribution in [2.75, 3.05) is 5.32 Å². The van der Waals surface area contributed by atoms with E-state index in [4.69, 9.17) is 4.74 Å². The molecule has 2 N–H and O–H groups in total. The van der Waals surface area contributed by atoms with Gasteiger partial charge in [-0.2, -0.15) is 0 Å². The fourth-order valence-corrected chi connectivity index (χ4v) is 4.55. The van der Waals surface area contributed by atoms with Crippen LogP contribution in [0, 0.1) is 6.92 Å². The first-order valence-electron chi connectivity index (χ1n) is 11.1. The van der Waals surface area contributed by atoms with E-state index in [0.29, 0.717) is 12.4 Å². The number of rotatable bonds is 8. The Morgan fingerprint density at radius 3 is 2.19 bits per heavy atom. The lowest BCUT2D eigenvalue weighted by molar-refractivity contribution is 0.0980. The van der Waals surface area contributed by atoms with E-state index in [-0.39, 0.29) is 21.7 Å². The minimum absolute atomic E-state index is 0.0438. The number of ether oxygens (including phenoxy) is 1. The lowest BCUT2D eigenvalue weighted by atomic mass is 10.1. The number of hydrogen-bond acceptors (Lipinski definition) is 5. The third-order valence-corrected chi connectivity index (χ3v) is 6.70. The van der Waals surface area contributed by atoms with E-state index in [1.54, 1.807) is 54.6 Å². The van der Waals surface area contributed by atoms with Gasteiger partial charge in [0.25, 0.3) is 21.8 Å². The molecule has 4 aromatic rings. The fourth-order valence-electron chi connectivity index (χ4n) is 3.41. The van der Waals surface area contributed by atoms with Crippen LogP contribution in [0.3, 0.4) is 0 Å². The summed E-state index contributed by atoms with van der Waals surface area (Å²) in [5, 5.41) is 2.63. The van der Waals surface area contributed by atoms with Crippen LogP contribution in [0.5, 0.6) is 5.75 Å². The van der Waals surface area contributed by atoms with E-state index >= 15 is 0 Å². The third kappa shape index (κ3) is 6.17. The fraction of sp³-hybridized carbons (Fsp3) is 0.0714. The van der Waals surface area contributed by atoms with Crippen molar-refractivity contribution in [1.82, 2.24) is 4.72 Å². The van der Waals surface area contributed by atoms with Gasteiger partial charge in [-0.25, -0.2) is 13.1 Å². The molecule has 4 rings (SSSR count). The topological polar surface area (TPSA) is 102 Å². The number of carbonyl (C=O) groups excluding carboxylic acids is 2. The first kappa shape index (κ1) is 24.7. The number of aryl methyl sites for hydroxylation is 1. The van der Waals surface area contributed by atoms with Crippen molar-refractivity contribution in [2.45, 2.75) is 18.4 Å². The normalized spacial score (nSPS) is 10.9. The molecule has 0 aliphatic rings. The minimum Gasteiger partial charge on any atom is -0.489 e. The Morgan fingerprint density at radius 1 is 0.750 bits per heavy atom. The van der Waals surface area contributed by atoms with Crippen LogP contribution in [0.4, 0.5) is 5.69 Å². The number of amides is 2. The van der Waals surface area contributed by atoms with Crippen LogP contribution in [0.25, 0.3) is 0 Å². The van der Waals surface area contributed by atoms with Gasteiger partial charge in [0.15, 0.2) is 0 Å². The molecule has 0 heterocycles. The van der Waals surface area contributed by atoms with E-state index in [0.717, 1.165) is 11.1 Å². The molecular weight excluding hydrogens is 476 g/mol. The largest absolute Gasteiger partial charge is 0.489 e. The van der Waals surface area contributed by atoms with Gasteiger partial charge in [-0.05, 0) is 55.0 Å². The van der Waals surface area contributed by atoms with Crippen LogP contribution >= 0.6 is 0 Å². The highest BCUT2D eigenvalue weighted by Gasteiger charge is 2.23. The monoisotopic (exact) mass is 500 g/mol. The zero-order valence-electron chi connectivity index (χ0n) is 19.5. The molecule has 0 radical (unpaired) electrons. The number of nitrogens with one attached hydrogen (secondary N) is 2. The summed E-state index contributed by atoms with van der Waals surface area (Å²) < 4.78 is 33.8. The number of benzene rings is 4. The SMILES string of the molecule is Cc1ccc(C(=O)NS(=O)(=O)c2ccccc2NC(=O)c2cccc(OCc3ccccc3)c2)cc1. The van der Waals surface area contributed by atoms with Gasteiger partial charge in [0.2, 0.25) is 0 Å². The number of sulfonamides is 1.